The normalized spacial score (nSPS) is 13.0. The minimum absolute atomic E-state index is 0.0954. The molecular weight excluding hydrogens is 358 g/mol. The molecular formula is C13H8ClF4N3OS. The molecule has 0 aliphatic carbocycles. The van der Waals surface area contributed by atoms with Gasteiger partial charge in [-0.3, -0.25) is 0 Å². The van der Waals surface area contributed by atoms with Gasteiger partial charge in [-0.15, -0.1) is 0 Å². The lowest BCUT2D eigenvalue weighted by Gasteiger charge is -2.10. The summed E-state index contributed by atoms with van der Waals surface area (Å²) in [5, 5.41) is 12.5. The summed E-state index contributed by atoms with van der Waals surface area (Å²) in [5.74, 6) is -0.825. The zero-order valence-electron chi connectivity index (χ0n) is 11.7. The Labute approximate surface area is 135 Å². The number of benzene rings is 1. The number of hydrogen-bond acceptors (Lipinski definition) is 3. The van der Waals surface area contributed by atoms with Gasteiger partial charge >= 0.3 is 5.51 Å². The van der Waals surface area contributed by atoms with Crippen LogP contribution in [0.3, 0.4) is 0 Å². The standard InChI is InChI=1S/C13H8ClF4N3OS/c1-6-3-8(14)11(9(15)4-6)21-7(2)12(10(5-19)20-21)23(22)13(16,17)18/h3-4H,1-2H3. The van der Waals surface area contributed by atoms with Crippen LogP contribution in [0.15, 0.2) is 17.0 Å². The Bertz CT molecular complexity index is 831. The molecule has 0 N–H and O–H groups in total. The molecule has 0 saturated heterocycles. The molecule has 1 unspecified atom stereocenters. The maximum Gasteiger partial charge on any atom is 0.476 e. The number of rotatable bonds is 2. The lowest BCUT2D eigenvalue weighted by Crippen LogP contribution is -2.17. The first-order valence-corrected chi connectivity index (χ1v) is 7.55. The van der Waals surface area contributed by atoms with Crippen LogP contribution in [0.25, 0.3) is 5.69 Å². The largest absolute Gasteiger partial charge is 0.476 e. The first kappa shape index (κ1) is 17.4. The van der Waals surface area contributed by atoms with Gasteiger partial charge in [0.2, 0.25) is 0 Å². The molecule has 1 aromatic carbocycles. The fourth-order valence-corrected chi connectivity index (χ4v) is 3.20. The second kappa shape index (κ2) is 5.94. The third-order valence-electron chi connectivity index (χ3n) is 2.94. The fourth-order valence-electron chi connectivity index (χ4n) is 2.01. The minimum Gasteiger partial charge on any atom is -0.245 e. The maximum absolute atomic E-state index is 14.1. The van der Waals surface area contributed by atoms with Crippen LogP contribution < -0.4 is 0 Å². The van der Waals surface area contributed by atoms with E-state index in [0.717, 1.165) is 17.7 Å². The lowest BCUT2D eigenvalue weighted by molar-refractivity contribution is -0.0385. The highest BCUT2D eigenvalue weighted by atomic mass is 35.5. The van der Waals surface area contributed by atoms with Gasteiger partial charge in [-0.1, -0.05) is 11.6 Å². The van der Waals surface area contributed by atoms with Gasteiger partial charge in [0.15, 0.2) is 22.3 Å². The van der Waals surface area contributed by atoms with E-state index in [1.165, 1.54) is 12.1 Å². The summed E-state index contributed by atoms with van der Waals surface area (Å²) in [6, 6.07) is 3.96. The lowest BCUT2D eigenvalue weighted by atomic mass is 10.2. The van der Waals surface area contributed by atoms with Crippen molar-refractivity contribution in [3.63, 3.8) is 0 Å². The van der Waals surface area contributed by atoms with Crippen LogP contribution in [0.4, 0.5) is 17.6 Å². The SMILES string of the molecule is Cc1cc(F)c(-n2nc(C#N)c(S(=O)C(F)(F)F)c2C)c(Cl)c1. The average molecular weight is 366 g/mol. The van der Waals surface area contributed by atoms with Crippen molar-refractivity contribution in [1.29, 1.82) is 5.26 Å². The zero-order valence-corrected chi connectivity index (χ0v) is 13.3. The monoisotopic (exact) mass is 365 g/mol. The predicted molar refractivity (Wildman–Crippen MR) is 75.2 cm³/mol. The van der Waals surface area contributed by atoms with Crippen LogP contribution >= 0.6 is 11.6 Å². The maximum atomic E-state index is 14.1. The van der Waals surface area contributed by atoms with Gasteiger partial charge in [-0.25, -0.2) is 13.3 Å². The highest BCUT2D eigenvalue weighted by Gasteiger charge is 2.42. The Balaban J connectivity index is 2.76. The van der Waals surface area contributed by atoms with Gasteiger partial charge in [0.25, 0.3) is 0 Å². The van der Waals surface area contributed by atoms with E-state index in [-0.39, 0.29) is 16.4 Å². The van der Waals surface area contributed by atoms with E-state index in [9.17, 15) is 21.8 Å². The molecule has 0 fully saturated rings. The van der Waals surface area contributed by atoms with Crippen molar-refractivity contribution in [3.8, 4) is 11.8 Å². The van der Waals surface area contributed by atoms with E-state index in [2.05, 4.69) is 5.10 Å². The molecule has 0 saturated carbocycles. The van der Waals surface area contributed by atoms with Crippen molar-refractivity contribution in [3.05, 3.63) is 39.9 Å². The third-order valence-corrected chi connectivity index (χ3v) is 4.50. The number of hydrogen-bond donors (Lipinski definition) is 0. The van der Waals surface area contributed by atoms with Gasteiger partial charge in [0.05, 0.1) is 10.7 Å². The Kier molecular flexibility index (Phi) is 4.50. The second-order valence-electron chi connectivity index (χ2n) is 4.58. The number of alkyl halides is 3. The van der Waals surface area contributed by atoms with Crippen LogP contribution in [0, 0.1) is 31.0 Å². The van der Waals surface area contributed by atoms with Gasteiger partial charge in [0.1, 0.15) is 16.7 Å². The Morgan fingerprint density at radius 1 is 1.35 bits per heavy atom. The summed E-state index contributed by atoms with van der Waals surface area (Å²) < 4.78 is 64.6. The number of nitriles is 1. The molecule has 2 aromatic rings. The van der Waals surface area contributed by atoms with Gasteiger partial charge in [-0.05, 0) is 31.5 Å². The van der Waals surface area contributed by atoms with Crippen LogP contribution in [-0.4, -0.2) is 19.5 Å². The molecule has 0 radical (unpaired) electrons. The minimum atomic E-state index is -5.07. The summed E-state index contributed by atoms with van der Waals surface area (Å²) >= 11 is 5.93. The molecule has 1 heterocycles. The Hall–Kier alpha value is -1.92. The van der Waals surface area contributed by atoms with Crippen LogP contribution in [0.2, 0.25) is 5.02 Å². The van der Waals surface area contributed by atoms with E-state index in [1.807, 2.05) is 0 Å². The summed E-state index contributed by atoms with van der Waals surface area (Å²) in [4.78, 5) is -0.809. The molecule has 0 spiro atoms. The van der Waals surface area contributed by atoms with Gasteiger partial charge < -0.3 is 0 Å². The van der Waals surface area contributed by atoms with Crippen molar-refractivity contribution in [2.45, 2.75) is 24.3 Å². The quantitative estimate of drug-likeness (QED) is 0.761. The van der Waals surface area contributed by atoms with Crippen LogP contribution in [0.5, 0.6) is 0 Å². The molecule has 10 heteroatoms. The number of aromatic nitrogens is 2. The molecule has 0 amide bonds. The molecule has 2 rings (SSSR count). The van der Waals surface area contributed by atoms with E-state index in [1.54, 1.807) is 6.92 Å². The first-order chi connectivity index (χ1) is 10.6. The summed E-state index contributed by atoms with van der Waals surface area (Å²) in [6.45, 7) is 2.74. The molecule has 122 valence electrons. The van der Waals surface area contributed by atoms with Crippen molar-refractivity contribution < 1.29 is 21.8 Å². The summed E-state index contributed by atoms with van der Waals surface area (Å²) in [5.41, 5.74) is -5.85. The van der Waals surface area contributed by atoms with E-state index in [0.29, 0.717) is 5.56 Å². The first-order valence-electron chi connectivity index (χ1n) is 6.02. The molecule has 0 bridgehead atoms. The summed E-state index contributed by atoms with van der Waals surface area (Å²) in [6.07, 6.45) is 0. The van der Waals surface area contributed by atoms with E-state index < -0.39 is 32.7 Å². The molecule has 0 aliphatic rings. The van der Waals surface area contributed by atoms with Crippen molar-refractivity contribution >= 4 is 22.4 Å². The summed E-state index contributed by atoms with van der Waals surface area (Å²) in [7, 11) is -3.47. The van der Waals surface area contributed by atoms with Gasteiger partial charge in [-0.2, -0.15) is 23.5 Å². The highest BCUT2D eigenvalue weighted by molar-refractivity contribution is 7.86. The molecule has 4 nitrogen and oxygen atoms in total. The number of aryl methyl sites for hydroxylation is 1. The zero-order chi connectivity index (χ0) is 17.5. The van der Waals surface area contributed by atoms with Crippen molar-refractivity contribution in [2.75, 3.05) is 0 Å². The molecule has 1 aromatic heterocycles. The third kappa shape index (κ3) is 3.09. The van der Waals surface area contributed by atoms with Crippen LogP contribution in [-0.2, 0) is 10.8 Å². The van der Waals surface area contributed by atoms with Crippen LogP contribution in [0.1, 0.15) is 17.0 Å². The number of nitrogens with zero attached hydrogens (tertiary/aromatic N) is 3. The number of halogens is 5. The highest BCUT2D eigenvalue weighted by Crippen LogP contribution is 2.33. The second-order valence-corrected chi connectivity index (χ2v) is 6.39. The predicted octanol–water partition coefficient (Wildman–Crippen LogP) is 3.78. The van der Waals surface area contributed by atoms with E-state index in [4.69, 9.17) is 16.9 Å². The van der Waals surface area contributed by atoms with Crippen molar-refractivity contribution in [2.24, 2.45) is 0 Å². The van der Waals surface area contributed by atoms with Crippen molar-refractivity contribution in [1.82, 2.24) is 9.78 Å². The molecule has 0 aliphatic heterocycles. The van der Waals surface area contributed by atoms with E-state index >= 15 is 0 Å². The molecule has 1 atom stereocenters. The Morgan fingerprint density at radius 2 is 1.96 bits per heavy atom. The smallest absolute Gasteiger partial charge is 0.245 e. The average Bonchev–Trinajstić information content (AvgIpc) is 2.73. The van der Waals surface area contributed by atoms with Gasteiger partial charge in [0, 0.05) is 0 Å². The fraction of sp³-hybridized carbons (Fsp3) is 0.231. The topological polar surface area (TPSA) is 58.7 Å². The Morgan fingerprint density at radius 3 is 2.43 bits per heavy atom. The molecule has 23 heavy (non-hydrogen) atoms.